The van der Waals surface area contributed by atoms with E-state index < -0.39 is 5.60 Å². The highest BCUT2D eigenvalue weighted by Crippen LogP contribution is 2.51. The first-order chi connectivity index (χ1) is 14.6. The Morgan fingerprint density at radius 3 is 2.67 bits per heavy atom. The minimum absolute atomic E-state index is 0.130. The lowest BCUT2D eigenvalue weighted by molar-refractivity contribution is -0.122. The largest absolute Gasteiger partial charge is 0.497 e. The second kappa shape index (κ2) is 9.23. The van der Waals surface area contributed by atoms with E-state index in [1.807, 2.05) is 18.2 Å². The molecule has 2 fully saturated rings. The van der Waals surface area contributed by atoms with Crippen LogP contribution in [0.3, 0.4) is 0 Å². The molecule has 4 rings (SSSR count). The van der Waals surface area contributed by atoms with Gasteiger partial charge in [-0.15, -0.1) is 0 Å². The third-order valence-electron chi connectivity index (χ3n) is 6.88. The molecule has 1 heterocycles. The van der Waals surface area contributed by atoms with Gasteiger partial charge in [0.2, 0.25) is 0 Å². The number of likely N-dealkylation sites (tertiary alicyclic amines) is 1. The predicted octanol–water partition coefficient (Wildman–Crippen LogP) is 5.09. The Morgan fingerprint density at radius 1 is 1.07 bits per heavy atom. The van der Waals surface area contributed by atoms with E-state index in [1.165, 1.54) is 12.0 Å². The molecule has 3 atom stereocenters. The summed E-state index contributed by atoms with van der Waals surface area (Å²) >= 11 is 0. The molecule has 1 saturated heterocycles. The van der Waals surface area contributed by atoms with Crippen LogP contribution in [0.1, 0.15) is 49.3 Å². The van der Waals surface area contributed by atoms with Crippen molar-refractivity contribution in [2.24, 2.45) is 5.92 Å². The van der Waals surface area contributed by atoms with Crippen molar-refractivity contribution in [3.05, 3.63) is 65.7 Å². The Hall–Kier alpha value is -2.30. The summed E-state index contributed by atoms with van der Waals surface area (Å²) in [5.41, 5.74) is 1.78. The van der Waals surface area contributed by atoms with Crippen LogP contribution in [-0.4, -0.2) is 42.9 Å². The molecule has 1 N–H and O–H groups in total. The summed E-state index contributed by atoms with van der Waals surface area (Å²) in [6.07, 6.45) is 9.51. The van der Waals surface area contributed by atoms with Crippen molar-refractivity contribution in [1.29, 1.82) is 0 Å². The number of fused-ring (bicyclic) bond motifs is 1. The van der Waals surface area contributed by atoms with Crippen molar-refractivity contribution >= 4 is 6.08 Å². The molecule has 1 aliphatic heterocycles. The van der Waals surface area contributed by atoms with Gasteiger partial charge in [-0.05, 0) is 30.9 Å². The van der Waals surface area contributed by atoms with Crippen LogP contribution in [-0.2, 0) is 0 Å². The van der Waals surface area contributed by atoms with E-state index in [0.29, 0.717) is 0 Å². The Labute approximate surface area is 180 Å². The van der Waals surface area contributed by atoms with Gasteiger partial charge in [-0.25, -0.2) is 0 Å². The molecular formula is C26H33NO3. The topological polar surface area (TPSA) is 41.9 Å². The van der Waals surface area contributed by atoms with Gasteiger partial charge in [-0.1, -0.05) is 61.4 Å². The lowest BCUT2D eigenvalue weighted by atomic mass is 9.66. The summed E-state index contributed by atoms with van der Waals surface area (Å²) in [6, 6.07) is 16.6. The van der Waals surface area contributed by atoms with Crippen LogP contribution >= 0.6 is 0 Å². The molecule has 0 aromatic heterocycles. The zero-order valence-corrected chi connectivity index (χ0v) is 18.1. The van der Waals surface area contributed by atoms with Gasteiger partial charge in [-0.2, -0.15) is 0 Å². The number of hydrogen-bond donors (Lipinski definition) is 1. The van der Waals surface area contributed by atoms with Crippen LogP contribution in [0.15, 0.2) is 54.6 Å². The fourth-order valence-electron chi connectivity index (χ4n) is 5.31. The molecule has 0 amide bonds. The highest BCUT2D eigenvalue weighted by atomic mass is 16.5. The van der Waals surface area contributed by atoms with E-state index in [9.17, 15) is 5.11 Å². The van der Waals surface area contributed by atoms with Crippen molar-refractivity contribution in [3.8, 4) is 11.5 Å². The molecule has 1 saturated carbocycles. The maximum Gasteiger partial charge on any atom is 0.127 e. The van der Waals surface area contributed by atoms with E-state index in [1.54, 1.807) is 14.2 Å². The second-order valence-corrected chi connectivity index (χ2v) is 8.57. The van der Waals surface area contributed by atoms with Crippen molar-refractivity contribution < 1.29 is 14.6 Å². The monoisotopic (exact) mass is 407 g/mol. The Bertz CT molecular complexity index is 866. The molecule has 2 aromatic carbocycles. The molecule has 160 valence electrons. The number of rotatable bonds is 6. The van der Waals surface area contributed by atoms with Crippen LogP contribution in [0.4, 0.5) is 0 Å². The van der Waals surface area contributed by atoms with E-state index in [2.05, 4.69) is 47.4 Å². The van der Waals surface area contributed by atoms with Gasteiger partial charge < -0.3 is 14.6 Å². The number of methoxy groups -OCH3 is 2. The second-order valence-electron chi connectivity index (χ2n) is 8.57. The normalized spacial score (nSPS) is 27.0. The Morgan fingerprint density at radius 2 is 1.90 bits per heavy atom. The molecule has 0 radical (unpaired) electrons. The van der Waals surface area contributed by atoms with Crippen LogP contribution in [0.5, 0.6) is 11.5 Å². The summed E-state index contributed by atoms with van der Waals surface area (Å²) in [5.74, 6) is 1.85. The van der Waals surface area contributed by atoms with Crippen molar-refractivity contribution in [2.45, 2.75) is 43.7 Å². The molecule has 0 spiro atoms. The number of piperidine rings is 1. The number of benzene rings is 2. The van der Waals surface area contributed by atoms with Crippen LogP contribution in [0, 0.1) is 5.92 Å². The van der Waals surface area contributed by atoms with E-state index in [0.717, 1.165) is 55.8 Å². The van der Waals surface area contributed by atoms with Crippen LogP contribution in [0.25, 0.3) is 6.08 Å². The molecule has 2 aliphatic rings. The first-order valence-electron chi connectivity index (χ1n) is 11.0. The molecule has 1 aliphatic carbocycles. The van der Waals surface area contributed by atoms with Crippen molar-refractivity contribution in [3.63, 3.8) is 0 Å². The average molecular weight is 408 g/mol. The smallest absolute Gasteiger partial charge is 0.127 e. The zero-order chi connectivity index (χ0) is 21.0. The summed E-state index contributed by atoms with van der Waals surface area (Å²) in [7, 11) is 3.39. The lowest BCUT2D eigenvalue weighted by Gasteiger charge is -2.52. The maximum absolute atomic E-state index is 11.5. The van der Waals surface area contributed by atoms with Crippen molar-refractivity contribution in [2.75, 3.05) is 27.3 Å². The summed E-state index contributed by atoms with van der Waals surface area (Å²) in [6.45, 7) is 1.73. The Kier molecular flexibility index (Phi) is 6.45. The van der Waals surface area contributed by atoms with Gasteiger partial charge in [0.05, 0.1) is 19.8 Å². The number of nitrogens with zero attached hydrogens (tertiary/aromatic N) is 1. The first-order valence-corrected chi connectivity index (χ1v) is 11.0. The fourth-order valence-corrected chi connectivity index (χ4v) is 5.31. The molecule has 30 heavy (non-hydrogen) atoms. The molecule has 4 nitrogen and oxygen atoms in total. The van der Waals surface area contributed by atoms with Crippen molar-refractivity contribution in [1.82, 2.24) is 4.90 Å². The van der Waals surface area contributed by atoms with Gasteiger partial charge in [-0.3, -0.25) is 4.90 Å². The van der Waals surface area contributed by atoms with Crippen LogP contribution < -0.4 is 9.47 Å². The number of hydrogen-bond acceptors (Lipinski definition) is 4. The van der Waals surface area contributed by atoms with Gasteiger partial charge in [0, 0.05) is 36.7 Å². The molecular weight excluding hydrogens is 374 g/mol. The van der Waals surface area contributed by atoms with E-state index in [4.69, 9.17) is 9.47 Å². The average Bonchev–Trinajstić information content (AvgIpc) is 2.79. The highest BCUT2D eigenvalue weighted by molar-refractivity contribution is 5.49. The Balaban J connectivity index is 1.66. The number of aliphatic hydroxyl groups is 1. The predicted molar refractivity (Wildman–Crippen MR) is 121 cm³/mol. The third kappa shape index (κ3) is 4.26. The maximum atomic E-state index is 11.5. The minimum Gasteiger partial charge on any atom is -0.497 e. The van der Waals surface area contributed by atoms with Gasteiger partial charge in [0.1, 0.15) is 11.5 Å². The SMILES string of the molecule is COc1ccc([C@H]2C3CCCCC3(O)CCN2C/C=C/c2ccccc2)c(OC)c1. The molecule has 2 unspecified atom stereocenters. The first kappa shape index (κ1) is 21.0. The van der Waals surface area contributed by atoms with Crippen LogP contribution in [0.2, 0.25) is 0 Å². The summed E-state index contributed by atoms with van der Waals surface area (Å²) < 4.78 is 11.2. The van der Waals surface area contributed by atoms with Gasteiger partial charge in [0.25, 0.3) is 0 Å². The highest BCUT2D eigenvalue weighted by Gasteiger charge is 2.49. The summed E-state index contributed by atoms with van der Waals surface area (Å²) in [4.78, 5) is 2.51. The van der Waals surface area contributed by atoms with E-state index in [-0.39, 0.29) is 12.0 Å². The molecule has 0 bridgehead atoms. The standard InChI is InChI=1S/C26H33NO3/c1-29-21-13-14-22(24(19-21)30-2)25-23-12-6-7-15-26(23,28)16-18-27(25)17-8-11-20-9-4-3-5-10-20/h3-5,8-11,13-14,19,23,25,28H,6-7,12,15-18H2,1-2H3/b11-8+/t23?,25-,26?/m0/s1. The lowest BCUT2D eigenvalue weighted by Crippen LogP contribution is -2.54. The molecule has 2 aromatic rings. The quantitative estimate of drug-likeness (QED) is 0.725. The molecule has 4 heteroatoms. The third-order valence-corrected chi connectivity index (χ3v) is 6.88. The van der Waals surface area contributed by atoms with Gasteiger partial charge >= 0.3 is 0 Å². The minimum atomic E-state index is -0.576. The fraction of sp³-hybridized carbons (Fsp3) is 0.462. The van der Waals surface area contributed by atoms with Gasteiger partial charge in [0.15, 0.2) is 0 Å². The van der Waals surface area contributed by atoms with E-state index >= 15 is 0 Å². The zero-order valence-electron chi connectivity index (χ0n) is 18.1. The summed E-state index contributed by atoms with van der Waals surface area (Å²) in [5, 5.41) is 11.5. The number of ether oxygens (including phenoxy) is 2.